The van der Waals surface area contributed by atoms with Gasteiger partial charge in [0.05, 0.1) is 7.11 Å². The van der Waals surface area contributed by atoms with E-state index in [1.807, 2.05) is 0 Å². The Morgan fingerprint density at radius 1 is 1.29 bits per heavy atom. The van der Waals surface area contributed by atoms with Crippen LogP contribution in [0.1, 0.15) is 42.5 Å². The van der Waals surface area contributed by atoms with E-state index in [4.69, 9.17) is 4.74 Å². The third-order valence-corrected chi connectivity index (χ3v) is 5.95. The number of amides is 1. The fraction of sp³-hybridized carbons (Fsp3) is 0.647. The van der Waals surface area contributed by atoms with Crippen LogP contribution in [-0.4, -0.2) is 24.0 Å². The van der Waals surface area contributed by atoms with Crippen LogP contribution in [0.5, 0.6) is 5.88 Å². The zero-order valence-corrected chi connectivity index (χ0v) is 12.4. The Morgan fingerprint density at radius 2 is 2.14 bits per heavy atom. The van der Waals surface area contributed by atoms with Crippen LogP contribution in [0, 0.1) is 23.7 Å². The number of aromatic nitrogens is 1. The van der Waals surface area contributed by atoms with Gasteiger partial charge < -0.3 is 10.1 Å². The van der Waals surface area contributed by atoms with Gasteiger partial charge in [0, 0.05) is 12.2 Å². The lowest BCUT2D eigenvalue weighted by Gasteiger charge is -2.32. The molecule has 0 aromatic carbocycles. The quantitative estimate of drug-likeness (QED) is 0.929. The molecule has 4 rings (SSSR count). The van der Waals surface area contributed by atoms with Crippen molar-refractivity contribution in [2.45, 2.75) is 38.1 Å². The van der Waals surface area contributed by atoms with Gasteiger partial charge in [0.25, 0.3) is 5.91 Å². The van der Waals surface area contributed by atoms with E-state index in [0.717, 1.165) is 17.8 Å². The second kappa shape index (κ2) is 5.00. The highest BCUT2D eigenvalue weighted by molar-refractivity contribution is 5.96. The summed E-state index contributed by atoms with van der Waals surface area (Å²) in [4.78, 5) is 16.6. The number of ether oxygens (including phenoxy) is 1. The molecule has 1 N–H and O–H groups in total. The van der Waals surface area contributed by atoms with Gasteiger partial charge in [-0.25, -0.2) is 4.98 Å². The van der Waals surface area contributed by atoms with Crippen molar-refractivity contribution < 1.29 is 9.53 Å². The molecule has 3 aliphatic rings. The topological polar surface area (TPSA) is 51.2 Å². The summed E-state index contributed by atoms with van der Waals surface area (Å²) in [5.41, 5.74) is 0.547. The Bertz CT molecular complexity index is 559. The van der Waals surface area contributed by atoms with Gasteiger partial charge in [0.1, 0.15) is 5.56 Å². The maximum Gasteiger partial charge on any atom is 0.256 e. The normalized spacial score (nSPS) is 36.5. The molecule has 5 unspecified atom stereocenters. The molecule has 4 nitrogen and oxygen atoms in total. The van der Waals surface area contributed by atoms with Gasteiger partial charge in [-0.05, 0) is 61.5 Å². The summed E-state index contributed by atoms with van der Waals surface area (Å²) in [6.45, 7) is 0. The average Bonchev–Trinajstić information content (AvgIpc) is 3.19. The lowest BCUT2D eigenvalue weighted by Crippen LogP contribution is -2.42. The Hall–Kier alpha value is -1.58. The summed E-state index contributed by atoms with van der Waals surface area (Å²) in [6.07, 6.45) is 8.32. The molecule has 0 spiro atoms. The van der Waals surface area contributed by atoms with Crippen LogP contribution in [0.2, 0.25) is 0 Å². The van der Waals surface area contributed by atoms with E-state index in [-0.39, 0.29) is 5.91 Å². The molecule has 4 heteroatoms. The molecule has 0 radical (unpaired) electrons. The number of hydrogen-bond donors (Lipinski definition) is 1. The van der Waals surface area contributed by atoms with Gasteiger partial charge in [0.2, 0.25) is 5.88 Å². The molecule has 21 heavy (non-hydrogen) atoms. The molecule has 1 aromatic rings. The van der Waals surface area contributed by atoms with Gasteiger partial charge in [0.15, 0.2) is 0 Å². The highest BCUT2D eigenvalue weighted by atomic mass is 16.5. The smallest absolute Gasteiger partial charge is 0.256 e. The standard InChI is InChI=1S/C17H22N2O2/c1-21-17-13(6-3-7-18-17)16(20)19-15-9-10-8-14(15)12-5-2-4-11(10)12/h3,6-7,10-12,14-15H,2,4-5,8-9H2,1H3,(H,19,20). The number of nitrogens with one attached hydrogen (secondary N) is 1. The van der Waals surface area contributed by atoms with E-state index >= 15 is 0 Å². The Kier molecular flexibility index (Phi) is 3.12. The molecule has 1 amide bonds. The van der Waals surface area contributed by atoms with Crippen LogP contribution in [0.25, 0.3) is 0 Å². The van der Waals surface area contributed by atoms with Gasteiger partial charge in [-0.1, -0.05) is 6.42 Å². The van der Waals surface area contributed by atoms with Crippen molar-refractivity contribution >= 4 is 5.91 Å². The number of hydrogen-bond acceptors (Lipinski definition) is 3. The minimum absolute atomic E-state index is 0.0351. The molecule has 5 atom stereocenters. The molecule has 3 saturated carbocycles. The summed E-state index contributed by atoms with van der Waals surface area (Å²) >= 11 is 0. The van der Waals surface area contributed by atoms with Crippen molar-refractivity contribution in [1.82, 2.24) is 10.3 Å². The van der Waals surface area contributed by atoms with E-state index in [1.54, 1.807) is 25.4 Å². The minimum Gasteiger partial charge on any atom is -0.480 e. The third kappa shape index (κ3) is 2.03. The zero-order valence-electron chi connectivity index (χ0n) is 12.4. The lowest BCUT2D eigenvalue weighted by molar-refractivity contribution is 0.0897. The minimum atomic E-state index is -0.0351. The molecule has 112 valence electrons. The summed E-state index contributed by atoms with van der Waals surface area (Å²) in [5.74, 6) is 3.75. The van der Waals surface area contributed by atoms with Gasteiger partial charge in [-0.2, -0.15) is 0 Å². The van der Waals surface area contributed by atoms with E-state index in [9.17, 15) is 4.79 Å². The first-order chi connectivity index (χ1) is 10.3. The number of nitrogens with zero attached hydrogens (tertiary/aromatic N) is 1. The van der Waals surface area contributed by atoms with Gasteiger partial charge in [-0.3, -0.25) is 4.79 Å². The SMILES string of the molecule is COc1ncccc1C(=O)NC1CC2CC1C1CCCC21. The van der Waals surface area contributed by atoms with E-state index < -0.39 is 0 Å². The fourth-order valence-electron chi connectivity index (χ4n) is 5.21. The van der Waals surface area contributed by atoms with Crippen LogP contribution in [0.15, 0.2) is 18.3 Å². The molecule has 3 aliphatic carbocycles. The molecule has 1 aromatic heterocycles. The van der Waals surface area contributed by atoms with Crippen molar-refractivity contribution in [2.24, 2.45) is 23.7 Å². The molecule has 3 fully saturated rings. The van der Waals surface area contributed by atoms with Crippen molar-refractivity contribution in [3.05, 3.63) is 23.9 Å². The first kappa shape index (κ1) is 13.1. The van der Waals surface area contributed by atoms with Crippen LogP contribution >= 0.6 is 0 Å². The number of carbonyl (C=O) groups is 1. The van der Waals surface area contributed by atoms with E-state index in [0.29, 0.717) is 23.4 Å². The van der Waals surface area contributed by atoms with E-state index in [2.05, 4.69) is 10.3 Å². The molecule has 0 saturated heterocycles. The molecular formula is C17H22N2O2. The molecular weight excluding hydrogens is 264 g/mol. The van der Waals surface area contributed by atoms with E-state index in [1.165, 1.54) is 32.1 Å². The Balaban J connectivity index is 1.48. The predicted molar refractivity (Wildman–Crippen MR) is 79.1 cm³/mol. The Morgan fingerprint density at radius 3 is 3.00 bits per heavy atom. The summed E-state index contributed by atoms with van der Waals surface area (Å²) in [7, 11) is 1.56. The van der Waals surface area contributed by atoms with Crippen molar-refractivity contribution in [2.75, 3.05) is 7.11 Å². The number of pyridine rings is 1. The number of carbonyl (C=O) groups excluding carboxylic acids is 1. The largest absolute Gasteiger partial charge is 0.480 e. The lowest BCUT2D eigenvalue weighted by atomic mass is 9.79. The fourth-order valence-corrected chi connectivity index (χ4v) is 5.21. The molecule has 1 heterocycles. The highest BCUT2D eigenvalue weighted by Crippen LogP contribution is 2.58. The number of fused-ring (bicyclic) bond motifs is 5. The molecule has 0 aliphatic heterocycles. The monoisotopic (exact) mass is 286 g/mol. The van der Waals surface area contributed by atoms with Crippen LogP contribution in [0.3, 0.4) is 0 Å². The van der Waals surface area contributed by atoms with Crippen molar-refractivity contribution in [1.29, 1.82) is 0 Å². The zero-order chi connectivity index (χ0) is 14.4. The maximum atomic E-state index is 12.5. The summed E-state index contributed by atoms with van der Waals surface area (Å²) in [6, 6.07) is 3.92. The third-order valence-electron chi connectivity index (χ3n) is 5.95. The Labute approximate surface area is 125 Å². The average molecular weight is 286 g/mol. The van der Waals surface area contributed by atoms with Gasteiger partial charge >= 0.3 is 0 Å². The van der Waals surface area contributed by atoms with Crippen molar-refractivity contribution in [3.8, 4) is 5.88 Å². The van der Waals surface area contributed by atoms with Crippen molar-refractivity contribution in [3.63, 3.8) is 0 Å². The maximum absolute atomic E-state index is 12.5. The summed E-state index contributed by atoms with van der Waals surface area (Å²) < 4.78 is 5.19. The predicted octanol–water partition coefficient (Wildman–Crippen LogP) is 2.64. The molecule has 2 bridgehead atoms. The first-order valence-corrected chi connectivity index (χ1v) is 8.08. The number of methoxy groups -OCH3 is 1. The first-order valence-electron chi connectivity index (χ1n) is 8.08. The summed E-state index contributed by atoms with van der Waals surface area (Å²) in [5, 5.41) is 3.26. The highest BCUT2D eigenvalue weighted by Gasteiger charge is 2.54. The van der Waals surface area contributed by atoms with Crippen LogP contribution in [0.4, 0.5) is 0 Å². The second-order valence-electron chi connectivity index (χ2n) is 6.79. The number of rotatable bonds is 3. The second-order valence-corrected chi connectivity index (χ2v) is 6.79. The van der Waals surface area contributed by atoms with Gasteiger partial charge in [-0.15, -0.1) is 0 Å². The van der Waals surface area contributed by atoms with Crippen LogP contribution < -0.4 is 10.1 Å². The van der Waals surface area contributed by atoms with Crippen LogP contribution in [-0.2, 0) is 0 Å².